The molecule has 0 radical (unpaired) electrons. The van der Waals surface area contributed by atoms with Crippen molar-refractivity contribution in [3.05, 3.63) is 0 Å². The molecule has 0 heterocycles. The highest BCUT2D eigenvalue weighted by atomic mass is 16.5. The van der Waals surface area contributed by atoms with E-state index in [2.05, 4.69) is 4.74 Å². The van der Waals surface area contributed by atoms with Crippen LogP contribution >= 0.6 is 0 Å². The Morgan fingerprint density at radius 2 is 1.81 bits per heavy atom. The van der Waals surface area contributed by atoms with Crippen molar-refractivity contribution in [1.29, 1.82) is 0 Å². The van der Waals surface area contributed by atoms with Crippen molar-refractivity contribution < 1.29 is 29.0 Å². The largest absolute Gasteiger partial charge is 0.481 e. The van der Waals surface area contributed by atoms with Crippen LogP contribution in [0.3, 0.4) is 0 Å². The predicted octanol–water partition coefficient (Wildman–Crippen LogP) is 0.525. The molecule has 7 heteroatoms. The quantitative estimate of drug-likeness (QED) is 0.657. The number of ether oxygens (including phenoxy) is 2. The molecule has 120 valence electrons. The minimum atomic E-state index is -0.925. The molecule has 2 atom stereocenters. The summed E-state index contributed by atoms with van der Waals surface area (Å²) in [5, 5.41) is 9.18. The van der Waals surface area contributed by atoms with E-state index in [0.717, 1.165) is 6.42 Å². The zero-order valence-electron chi connectivity index (χ0n) is 12.5. The SMILES string of the molecule is COCCN(CCC(=O)OC)C(=O)C1CCCC1C(=O)O. The molecule has 0 bridgehead atoms. The number of hydrogen-bond donors (Lipinski definition) is 1. The first kappa shape index (κ1) is 17.4. The van der Waals surface area contributed by atoms with Gasteiger partial charge in [0.1, 0.15) is 0 Å². The molecular formula is C14H23NO6. The van der Waals surface area contributed by atoms with Crippen LogP contribution in [-0.4, -0.2) is 61.8 Å². The van der Waals surface area contributed by atoms with E-state index in [0.29, 0.717) is 26.0 Å². The number of carboxylic acids is 1. The number of carbonyl (C=O) groups is 3. The van der Waals surface area contributed by atoms with E-state index >= 15 is 0 Å². The summed E-state index contributed by atoms with van der Waals surface area (Å²) in [5.74, 6) is -2.66. The summed E-state index contributed by atoms with van der Waals surface area (Å²) in [6.07, 6.45) is 1.94. The molecule has 1 fully saturated rings. The Balaban J connectivity index is 2.69. The summed E-state index contributed by atoms with van der Waals surface area (Å²) in [6.45, 7) is 0.907. The van der Waals surface area contributed by atoms with Crippen LogP contribution in [0.4, 0.5) is 0 Å². The topological polar surface area (TPSA) is 93.1 Å². The van der Waals surface area contributed by atoms with E-state index in [-0.39, 0.29) is 18.9 Å². The Morgan fingerprint density at radius 1 is 1.14 bits per heavy atom. The number of carbonyl (C=O) groups excluding carboxylic acids is 2. The maximum atomic E-state index is 12.5. The Morgan fingerprint density at radius 3 is 2.38 bits per heavy atom. The summed E-state index contributed by atoms with van der Waals surface area (Å²) in [6, 6.07) is 0. The number of nitrogens with zero attached hydrogens (tertiary/aromatic N) is 1. The fraction of sp³-hybridized carbons (Fsp3) is 0.786. The molecule has 1 amide bonds. The van der Waals surface area contributed by atoms with Gasteiger partial charge < -0.3 is 19.5 Å². The lowest BCUT2D eigenvalue weighted by molar-refractivity contribution is -0.150. The summed E-state index contributed by atoms with van der Waals surface area (Å²) >= 11 is 0. The highest BCUT2D eigenvalue weighted by Crippen LogP contribution is 2.33. The van der Waals surface area contributed by atoms with Gasteiger partial charge in [-0.15, -0.1) is 0 Å². The number of rotatable bonds is 8. The van der Waals surface area contributed by atoms with Crippen LogP contribution < -0.4 is 0 Å². The monoisotopic (exact) mass is 301 g/mol. The molecule has 1 N–H and O–H groups in total. The molecule has 0 aromatic carbocycles. The van der Waals surface area contributed by atoms with Crippen molar-refractivity contribution in [3.8, 4) is 0 Å². The van der Waals surface area contributed by atoms with E-state index in [1.807, 2.05) is 0 Å². The number of esters is 1. The van der Waals surface area contributed by atoms with Crippen LogP contribution in [-0.2, 0) is 23.9 Å². The number of methoxy groups -OCH3 is 2. The van der Waals surface area contributed by atoms with Gasteiger partial charge >= 0.3 is 11.9 Å². The van der Waals surface area contributed by atoms with Gasteiger partial charge in [0.25, 0.3) is 0 Å². The Kier molecular flexibility index (Phi) is 7.14. The highest BCUT2D eigenvalue weighted by Gasteiger charge is 2.39. The molecule has 0 aromatic heterocycles. The molecule has 1 rings (SSSR count). The fourth-order valence-electron chi connectivity index (χ4n) is 2.65. The van der Waals surface area contributed by atoms with Gasteiger partial charge in [-0.3, -0.25) is 14.4 Å². The van der Waals surface area contributed by atoms with E-state index in [9.17, 15) is 19.5 Å². The fourth-order valence-corrected chi connectivity index (χ4v) is 2.65. The molecule has 0 spiro atoms. The van der Waals surface area contributed by atoms with Crippen LogP contribution in [0, 0.1) is 11.8 Å². The second kappa shape index (κ2) is 8.61. The lowest BCUT2D eigenvalue weighted by Gasteiger charge is -2.26. The molecule has 1 saturated carbocycles. The van der Waals surface area contributed by atoms with E-state index in [4.69, 9.17) is 4.74 Å². The van der Waals surface area contributed by atoms with Crippen molar-refractivity contribution >= 4 is 17.8 Å². The summed E-state index contributed by atoms with van der Waals surface area (Å²) < 4.78 is 9.53. The molecule has 0 saturated heterocycles. The first-order chi connectivity index (χ1) is 10.0. The van der Waals surface area contributed by atoms with Gasteiger partial charge in [0.15, 0.2) is 0 Å². The molecular weight excluding hydrogens is 278 g/mol. The number of hydrogen-bond acceptors (Lipinski definition) is 5. The zero-order chi connectivity index (χ0) is 15.8. The number of aliphatic carboxylic acids is 1. The van der Waals surface area contributed by atoms with Crippen LogP contribution in [0.25, 0.3) is 0 Å². The zero-order valence-corrected chi connectivity index (χ0v) is 12.5. The van der Waals surface area contributed by atoms with Gasteiger partial charge in [0.05, 0.1) is 32.0 Å². The Bertz CT molecular complexity index is 384. The minimum absolute atomic E-state index is 0.0937. The van der Waals surface area contributed by atoms with Gasteiger partial charge in [0.2, 0.25) is 5.91 Å². The van der Waals surface area contributed by atoms with Crippen LogP contribution in [0.15, 0.2) is 0 Å². The second-order valence-electron chi connectivity index (χ2n) is 5.13. The minimum Gasteiger partial charge on any atom is -0.481 e. The third kappa shape index (κ3) is 5.00. The third-order valence-corrected chi connectivity index (χ3v) is 3.84. The van der Waals surface area contributed by atoms with Gasteiger partial charge in [0, 0.05) is 20.2 Å². The van der Waals surface area contributed by atoms with Gasteiger partial charge in [-0.1, -0.05) is 6.42 Å². The average Bonchev–Trinajstić information content (AvgIpc) is 2.96. The lowest BCUT2D eigenvalue weighted by Crippen LogP contribution is -2.42. The van der Waals surface area contributed by atoms with Crippen molar-refractivity contribution in [2.75, 3.05) is 33.9 Å². The van der Waals surface area contributed by atoms with Crippen LogP contribution in [0.1, 0.15) is 25.7 Å². The van der Waals surface area contributed by atoms with Crippen LogP contribution in [0.5, 0.6) is 0 Å². The van der Waals surface area contributed by atoms with Gasteiger partial charge in [-0.05, 0) is 12.8 Å². The number of amides is 1. The van der Waals surface area contributed by atoms with Crippen molar-refractivity contribution in [2.45, 2.75) is 25.7 Å². The van der Waals surface area contributed by atoms with Crippen LogP contribution in [0.2, 0.25) is 0 Å². The van der Waals surface area contributed by atoms with E-state index in [1.165, 1.54) is 19.1 Å². The predicted molar refractivity (Wildman–Crippen MR) is 73.6 cm³/mol. The first-order valence-electron chi connectivity index (χ1n) is 7.08. The molecule has 1 aliphatic carbocycles. The maximum absolute atomic E-state index is 12.5. The summed E-state index contributed by atoms with van der Waals surface area (Å²) in [4.78, 5) is 36.4. The smallest absolute Gasteiger partial charge is 0.307 e. The average molecular weight is 301 g/mol. The third-order valence-electron chi connectivity index (χ3n) is 3.84. The van der Waals surface area contributed by atoms with E-state index < -0.39 is 23.8 Å². The van der Waals surface area contributed by atoms with E-state index in [1.54, 1.807) is 0 Å². The molecule has 7 nitrogen and oxygen atoms in total. The Labute approximate surface area is 124 Å². The van der Waals surface area contributed by atoms with Gasteiger partial charge in [-0.2, -0.15) is 0 Å². The van der Waals surface area contributed by atoms with Crippen molar-refractivity contribution in [2.24, 2.45) is 11.8 Å². The first-order valence-corrected chi connectivity index (χ1v) is 7.08. The molecule has 2 unspecified atom stereocenters. The van der Waals surface area contributed by atoms with Gasteiger partial charge in [-0.25, -0.2) is 0 Å². The van der Waals surface area contributed by atoms with Crippen molar-refractivity contribution in [1.82, 2.24) is 4.90 Å². The molecule has 1 aliphatic rings. The highest BCUT2D eigenvalue weighted by molar-refractivity contribution is 5.85. The maximum Gasteiger partial charge on any atom is 0.307 e. The summed E-state index contributed by atoms with van der Waals surface area (Å²) in [7, 11) is 2.82. The summed E-state index contributed by atoms with van der Waals surface area (Å²) in [5.41, 5.74) is 0. The normalized spacial score (nSPS) is 21.0. The molecule has 21 heavy (non-hydrogen) atoms. The lowest BCUT2D eigenvalue weighted by atomic mass is 9.94. The number of carboxylic acid groups (broad SMARTS) is 1. The second-order valence-corrected chi connectivity index (χ2v) is 5.13. The molecule has 0 aromatic rings. The van der Waals surface area contributed by atoms with Crippen molar-refractivity contribution in [3.63, 3.8) is 0 Å². The molecule has 0 aliphatic heterocycles. The Hall–Kier alpha value is -1.63. The standard InChI is InChI=1S/C14H23NO6/c1-20-9-8-15(7-6-12(16)21-2)13(17)10-4-3-5-11(10)14(18)19/h10-11H,3-9H2,1-2H3,(H,18,19).